The van der Waals surface area contributed by atoms with Crippen LogP contribution in [0.4, 0.5) is 26.4 Å². The number of halogens is 2. The molecular formula is C21H21F2N5O4. The highest BCUT2D eigenvalue weighted by Gasteiger charge is 2.16. The fraction of sp³-hybridized carbons (Fsp3) is 0.238. The molecule has 3 N–H and O–H groups in total. The summed E-state index contributed by atoms with van der Waals surface area (Å²) in [6.07, 6.45) is 0.804. The number of nitrogen functional groups attached to an aromatic ring is 1. The van der Waals surface area contributed by atoms with E-state index in [1.807, 2.05) is 31.2 Å². The van der Waals surface area contributed by atoms with Crippen molar-refractivity contribution in [1.82, 2.24) is 15.0 Å². The Bertz CT molecular complexity index is 1100. The second-order valence-corrected chi connectivity index (χ2v) is 6.39. The van der Waals surface area contributed by atoms with Crippen molar-refractivity contribution in [2.45, 2.75) is 26.6 Å². The van der Waals surface area contributed by atoms with Gasteiger partial charge in [-0.15, -0.1) is 0 Å². The van der Waals surface area contributed by atoms with Gasteiger partial charge < -0.3 is 25.3 Å². The number of ether oxygens (including phenoxy) is 3. The minimum atomic E-state index is -3.02. The zero-order valence-corrected chi connectivity index (χ0v) is 17.3. The molecule has 168 valence electrons. The van der Waals surface area contributed by atoms with Crippen LogP contribution in [0.3, 0.4) is 0 Å². The molecule has 1 heterocycles. The van der Waals surface area contributed by atoms with E-state index in [2.05, 4.69) is 25.0 Å². The standard InChI is InChI=1S/C21H21F2N5O4/c1-3-12-6-4-5-7-14(12)25-21-27-17(26-20(24)28-21)11-31-18(29)13-8-9-15(32-19(22)23)16(10-13)30-2/h4-10,19H,3,11H2,1-2H3,(H3,24,25,26,27,28). The molecule has 2 aromatic carbocycles. The third kappa shape index (κ3) is 5.78. The molecule has 3 rings (SSSR count). The maximum atomic E-state index is 12.4. The van der Waals surface area contributed by atoms with Gasteiger partial charge in [0.2, 0.25) is 11.9 Å². The maximum Gasteiger partial charge on any atom is 0.387 e. The molecule has 9 nitrogen and oxygen atoms in total. The number of esters is 1. The Morgan fingerprint density at radius 1 is 1.12 bits per heavy atom. The third-order valence-electron chi connectivity index (χ3n) is 4.29. The highest BCUT2D eigenvalue weighted by atomic mass is 19.3. The summed E-state index contributed by atoms with van der Waals surface area (Å²) in [6.45, 7) is -1.29. The number of alkyl halides is 2. The number of nitrogens with one attached hydrogen (secondary N) is 1. The van der Waals surface area contributed by atoms with E-state index in [4.69, 9.17) is 15.2 Å². The Morgan fingerprint density at radius 3 is 2.62 bits per heavy atom. The first-order valence-electron chi connectivity index (χ1n) is 9.55. The van der Waals surface area contributed by atoms with Crippen molar-refractivity contribution >= 4 is 23.6 Å². The summed E-state index contributed by atoms with van der Waals surface area (Å²) < 4.78 is 39.4. The van der Waals surface area contributed by atoms with Gasteiger partial charge in [0.25, 0.3) is 0 Å². The summed E-state index contributed by atoms with van der Waals surface area (Å²) in [4.78, 5) is 24.6. The zero-order chi connectivity index (χ0) is 23.1. The van der Waals surface area contributed by atoms with Crippen molar-refractivity contribution < 1.29 is 27.8 Å². The molecule has 3 aromatic rings. The highest BCUT2D eigenvalue weighted by molar-refractivity contribution is 5.90. The lowest BCUT2D eigenvalue weighted by atomic mass is 10.1. The van der Waals surface area contributed by atoms with Crippen LogP contribution in [0.1, 0.15) is 28.7 Å². The quantitative estimate of drug-likeness (QED) is 0.475. The monoisotopic (exact) mass is 445 g/mol. The van der Waals surface area contributed by atoms with Gasteiger partial charge in [0.15, 0.2) is 23.9 Å². The number of hydrogen-bond acceptors (Lipinski definition) is 9. The first kappa shape index (κ1) is 22.7. The molecule has 0 radical (unpaired) electrons. The minimum Gasteiger partial charge on any atom is -0.493 e. The van der Waals surface area contributed by atoms with Crippen molar-refractivity contribution in [2.24, 2.45) is 0 Å². The first-order valence-corrected chi connectivity index (χ1v) is 9.55. The largest absolute Gasteiger partial charge is 0.493 e. The highest BCUT2D eigenvalue weighted by Crippen LogP contribution is 2.29. The number of carbonyl (C=O) groups excluding carboxylic acids is 1. The number of methoxy groups -OCH3 is 1. The minimum absolute atomic E-state index is 0.0368. The van der Waals surface area contributed by atoms with Crippen LogP contribution in [0.5, 0.6) is 11.5 Å². The number of nitrogens with two attached hydrogens (primary N) is 1. The van der Waals surface area contributed by atoms with E-state index in [9.17, 15) is 13.6 Å². The van der Waals surface area contributed by atoms with Crippen molar-refractivity contribution in [3.05, 3.63) is 59.4 Å². The summed E-state index contributed by atoms with van der Waals surface area (Å²) in [6, 6.07) is 11.4. The van der Waals surface area contributed by atoms with E-state index in [0.29, 0.717) is 0 Å². The van der Waals surface area contributed by atoms with Gasteiger partial charge in [-0.25, -0.2) is 4.79 Å². The topological polar surface area (TPSA) is 121 Å². The van der Waals surface area contributed by atoms with Crippen LogP contribution in [0.2, 0.25) is 0 Å². The van der Waals surface area contributed by atoms with Gasteiger partial charge in [0, 0.05) is 5.69 Å². The molecule has 0 aliphatic heterocycles. The van der Waals surface area contributed by atoms with Gasteiger partial charge in [0.1, 0.15) is 0 Å². The fourth-order valence-electron chi connectivity index (χ4n) is 2.83. The molecule has 0 saturated heterocycles. The first-order chi connectivity index (χ1) is 15.4. The number of aryl methyl sites for hydroxylation is 1. The number of nitrogens with zero attached hydrogens (tertiary/aromatic N) is 3. The lowest BCUT2D eigenvalue weighted by Gasteiger charge is -2.12. The molecule has 0 fully saturated rings. The van der Waals surface area contributed by atoms with Gasteiger partial charge in [-0.1, -0.05) is 25.1 Å². The van der Waals surface area contributed by atoms with Gasteiger partial charge in [0.05, 0.1) is 12.7 Å². The summed E-state index contributed by atoms with van der Waals surface area (Å²) in [5.74, 6) is -0.682. The van der Waals surface area contributed by atoms with E-state index in [-0.39, 0.29) is 41.4 Å². The molecule has 0 aliphatic rings. The van der Waals surface area contributed by atoms with Gasteiger partial charge >= 0.3 is 12.6 Å². The van der Waals surface area contributed by atoms with E-state index >= 15 is 0 Å². The Labute approximate surface area is 182 Å². The summed E-state index contributed by atoms with van der Waals surface area (Å²) in [5.41, 5.74) is 7.71. The van der Waals surface area contributed by atoms with Gasteiger partial charge in [-0.3, -0.25) is 0 Å². The van der Waals surface area contributed by atoms with Crippen LogP contribution < -0.4 is 20.5 Å². The Kier molecular flexibility index (Phi) is 7.32. The van der Waals surface area contributed by atoms with Crippen LogP contribution in [0, 0.1) is 0 Å². The third-order valence-corrected chi connectivity index (χ3v) is 4.29. The average molecular weight is 445 g/mol. The molecule has 0 saturated carbocycles. The van der Waals surface area contributed by atoms with Crippen LogP contribution in [-0.2, 0) is 17.8 Å². The number of para-hydroxylation sites is 1. The lowest BCUT2D eigenvalue weighted by molar-refractivity contribution is -0.0512. The average Bonchev–Trinajstić information content (AvgIpc) is 2.77. The second-order valence-electron chi connectivity index (χ2n) is 6.39. The molecule has 11 heteroatoms. The number of aromatic nitrogens is 3. The number of rotatable bonds is 9. The summed E-state index contributed by atoms with van der Waals surface area (Å²) >= 11 is 0. The van der Waals surface area contributed by atoms with E-state index in [0.717, 1.165) is 17.7 Å². The second kappa shape index (κ2) is 10.3. The molecule has 1 aromatic heterocycles. The molecule has 32 heavy (non-hydrogen) atoms. The lowest BCUT2D eigenvalue weighted by Crippen LogP contribution is -2.12. The predicted octanol–water partition coefficient (Wildman–Crippen LogP) is 3.73. The number of carbonyl (C=O) groups is 1. The Morgan fingerprint density at radius 2 is 1.91 bits per heavy atom. The van der Waals surface area contributed by atoms with Gasteiger partial charge in [-0.05, 0) is 36.2 Å². The van der Waals surface area contributed by atoms with Crippen molar-refractivity contribution in [3.63, 3.8) is 0 Å². The number of benzene rings is 2. The molecule has 0 spiro atoms. The molecule has 0 bridgehead atoms. The summed E-state index contributed by atoms with van der Waals surface area (Å²) in [5, 5.41) is 3.09. The van der Waals surface area contributed by atoms with E-state index in [1.165, 1.54) is 25.3 Å². The van der Waals surface area contributed by atoms with Crippen molar-refractivity contribution in [1.29, 1.82) is 0 Å². The van der Waals surface area contributed by atoms with Crippen LogP contribution in [-0.4, -0.2) is 34.6 Å². The number of hydrogen-bond donors (Lipinski definition) is 2. The Hall–Kier alpha value is -4.02. The maximum absolute atomic E-state index is 12.4. The van der Waals surface area contributed by atoms with Crippen molar-refractivity contribution in [3.8, 4) is 11.5 Å². The molecular weight excluding hydrogens is 424 g/mol. The molecule has 0 amide bonds. The van der Waals surface area contributed by atoms with E-state index < -0.39 is 12.6 Å². The molecule has 0 atom stereocenters. The SMILES string of the molecule is CCc1ccccc1Nc1nc(N)nc(COC(=O)c2ccc(OC(F)F)c(OC)c2)n1. The van der Waals surface area contributed by atoms with Crippen LogP contribution in [0.25, 0.3) is 0 Å². The van der Waals surface area contributed by atoms with Gasteiger partial charge in [-0.2, -0.15) is 23.7 Å². The fourth-order valence-corrected chi connectivity index (χ4v) is 2.83. The summed E-state index contributed by atoms with van der Waals surface area (Å²) in [7, 11) is 1.27. The van der Waals surface area contributed by atoms with Crippen LogP contribution >= 0.6 is 0 Å². The number of anilines is 3. The predicted molar refractivity (Wildman–Crippen MR) is 112 cm³/mol. The molecule has 0 aliphatic carbocycles. The Balaban J connectivity index is 1.71. The van der Waals surface area contributed by atoms with Crippen LogP contribution in [0.15, 0.2) is 42.5 Å². The zero-order valence-electron chi connectivity index (χ0n) is 17.3. The van der Waals surface area contributed by atoms with Crippen molar-refractivity contribution in [2.75, 3.05) is 18.2 Å². The molecule has 0 unspecified atom stereocenters. The van der Waals surface area contributed by atoms with E-state index in [1.54, 1.807) is 0 Å². The smallest absolute Gasteiger partial charge is 0.387 e. The normalized spacial score (nSPS) is 10.7.